The van der Waals surface area contributed by atoms with E-state index in [4.69, 9.17) is 4.74 Å². The molecule has 0 aromatic carbocycles. The van der Waals surface area contributed by atoms with Gasteiger partial charge in [0.15, 0.2) is 5.96 Å². The molecule has 5 nitrogen and oxygen atoms in total. The van der Waals surface area contributed by atoms with E-state index in [0.29, 0.717) is 23.5 Å². The van der Waals surface area contributed by atoms with Gasteiger partial charge in [0.2, 0.25) is 0 Å². The Hall–Kier alpha value is -1.14. The third kappa shape index (κ3) is 2.64. The average Bonchev–Trinajstić information content (AvgIpc) is 3.17. The molecule has 2 aliphatic carbocycles. The normalized spacial score (nSPS) is 30.6. The molecule has 4 rings (SSSR count). The maximum atomic E-state index is 6.00. The molecule has 3 atom stereocenters. The SMILES string of the molecule is CCc1cnc(CCNC(=NC)NC2C3CCOC3C23CCC3)s1. The first-order valence-electron chi connectivity index (χ1n) is 9.29. The monoisotopic (exact) mass is 348 g/mol. The number of hydrogen-bond acceptors (Lipinski definition) is 4. The zero-order valence-electron chi connectivity index (χ0n) is 14.7. The minimum absolute atomic E-state index is 0.393. The largest absolute Gasteiger partial charge is 0.377 e. The molecule has 24 heavy (non-hydrogen) atoms. The number of ether oxygens (including phenoxy) is 1. The van der Waals surface area contributed by atoms with E-state index in [2.05, 4.69) is 27.5 Å². The minimum Gasteiger partial charge on any atom is -0.377 e. The van der Waals surface area contributed by atoms with Gasteiger partial charge in [0, 0.05) is 55.1 Å². The summed E-state index contributed by atoms with van der Waals surface area (Å²) >= 11 is 1.82. The molecule has 1 spiro atoms. The van der Waals surface area contributed by atoms with Crippen LogP contribution < -0.4 is 10.6 Å². The van der Waals surface area contributed by atoms with Crippen LogP contribution in [0.25, 0.3) is 0 Å². The number of hydrogen-bond donors (Lipinski definition) is 2. The summed E-state index contributed by atoms with van der Waals surface area (Å²) in [6, 6.07) is 0.538. The Bertz CT molecular complexity index is 610. The Kier molecular flexibility index (Phi) is 4.52. The Morgan fingerprint density at radius 3 is 3.04 bits per heavy atom. The van der Waals surface area contributed by atoms with Gasteiger partial charge in [-0.1, -0.05) is 13.3 Å². The first-order valence-corrected chi connectivity index (χ1v) is 10.1. The molecule has 1 aliphatic heterocycles. The van der Waals surface area contributed by atoms with Crippen LogP contribution in [0.5, 0.6) is 0 Å². The predicted octanol–water partition coefficient (Wildman–Crippen LogP) is 2.37. The van der Waals surface area contributed by atoms with Crippen molar-refractivity contribution in [3.8, 4) is 0 Å². The lowest BCUT2D eigenvalue weighted by Crippen LogP contribution is -2.72. The van der Waals surface area contributed by atoms with Gasteiger partial charge < -0.3 is 15.4 Å². The molecular formula is C18H28N4OS. The smallest absolute Gasteiger partial charge is 0.191 e. The van der Waals surface area contributed by atoms with Crippen molar-refractivity contribution in [3.05, 3.63) is 16.1 Å². The van der Waals surface area contributed by atoms with Gasteiger partial charge in [0.25, 0.3) is 0 Å². The highest BCUT2D eigenvalue weighted by Crippen LogP contribution is 2.62. The van der Waals surface area contributed by atoms with Crippen LogP contribution in [-0.2, 0) is 17.6 Å². The van der Waals surface area contributed by atoms with E-state index in [1.165, 1.54) is 35.6 Å². The molecule has 1 aromatic heterocycles. The van der Waals surface area contributed by atoms with E-state index >= 15 is 0 Å². The fourth-order valence-electron chi connectivity index (χ4n) is 4.71. The molecule has 0 radical (unpaired) electrons. The van der Waals surface area contributed by atoms with Crippen molar-refractivity contribution < 1.29 is 4.74 Å². The number of guanidine groups is 1. The van der Waals surface area contributed by atoms with Crippen LogP contribution in [0.1, 0.15) is 42.5 Å². The van der Waals surface area contributed by atoms with Crippen molar-refractivity contribution in [3.63, 3.8) is 0 Å². The number of rotatable bonds is 5. The molecule has 132 valence electrons. The second-order valence-corrected chi connectivity index (χ2v) is 8.48. The number of nitrogens with zero attached hydrogens (tertiary/aromatic N) is 2. The maximum Gasteiger partial charge on any atom is 0.191 e. The molecule has 2 saturated carbocycles. The Labute approximate surface area is 148 Å². The molecule has 3 unspecified atom stereocenters. The summed E-state index contributed by atoms with van der Waals surface area (Å²) in [4.78, 5) is 10.3. The lowest BCUT2D eigenvalue weighted by molar-refractivity contribution is -0.171. The van der Waals surface area contributed by atoms with Crippen LogP contribution >= 0.6 is 11.3 Å². The van der Waals surface area contributed by atoms with Gasteiger partial charge in [-0.05, 0) is 25.7 Å². The third-order valence-electron chi connectivity index (χ3n) is 6.13. The van der Waals surface area contributed by atoms with Crippen LogP contribution in [0.2, 0.25) is 0 Å². The average molecular weight is 349 g/mol. The van der Waals surface area contributed by atoms with Gasteiger partial charge in [-0.2, -0.15) is 0 Å². The topological polar surface area (TPSA) is 58.5 Å². The van der Waals surface area contributed by atoms with Crippen LogP contribution in [0.3, 0.4) is 0 Å². The first-order chi connectivity index (χ1) is 11.8. The van der Waals surface area contributed by atoms with Gasteiger partial charge in [-0.3, -0.25) is 4.99 Å². The molecule has 3 aliphatic rings. The van der Waals surface area contributed by atoms with Gasteiger partial charge in [0.1, 0.15) is 0 Å². The third-order valence-corrected chi connectivity index (χ3v) is 7.33. The summed E-state index contributed by atoms with van der Waals surface area (Å²) in [6.07, 6.45) is 9.69. The van der Waals surface area contributed by atoms with Crippen molar-refractivity contribution >= 4 is 17.3 Å². The Balaban J connectivity index is 1.30. The van der Waals surface area contributed by atoms with Crippen molar-refractivity contribution in [2.45, 2.75) is 57.6 Å². The standard InChI is InChI=1S/C18H28N4OS/c1-3-12-11-21-14(24-12)5-9-20-17(19-2)22-15-13-6-10-23-16(13)18(15)7-4-8-18/h11,13,15-16H,3-10H2,1-2H3,(H2,19,20,22). The van der Waals surface area contributed by atoms with E-state index in [0.717, 1.165) is 32.0 Å². The summed E-state index contributed by atoms with van der Waals surface area (Å²) in [6.45, 7) is 3.99. The minimum atomic E-state index is 0.393. The first kappa shape index (κ1) is 16.3. The van der Waals surface area contributed by atoms with Crippen molar-refractivity contribution in [1.29, 1.82) is 0 Å². The lowest BCUT2D eigenvalue weighted by Gasteiger charge is -2.63. The maximum absolute atomic E-state index is 6.00. The van der Waals surface area contributed by atoms with Crippen LogP contribution in [0.15, 0.2) is 11.2 Å². The summed E-state index contributed by atoms with van der Waals surface area (Å²) in [5.41, 5.74) is 0.393. The molecule has 3 fully saturated rings. The van der Waals surface area contributed by atoms with Crippen molar-refractivity contribution in [2.24, 2.45) is 16.3 Å². The molecule has 1 aromatic rings. The number of nitrogens with one attached hydrogen (secondary N) is 2. The highest BCUT2D eigenvalue weighted by Gasteiger charge is 2.66. The fraction of sp³-hybridized carbons (Fsp3) is 0.778. The van der Waals surface area contributed by atoms with Crippen LogP contribution in [-0.4, -0.2) is 43.3 Å². The molecule has 0 amide bonds. The second kappa shape index (κ2) is 6.64. The number of aliphatic imine (C=N–C) groups is 1. The zero-order valence-corrected chi connectivity index (χ0v) is 15.5. The number of aromatic nitrogens is 1. The number of fused-ring (bicyclic) bond motifs is 2. The van der Waals surface area contributed by atoms with E-state index in [-0.39, 0.29) is 0 Å². The van der Waals surface area contributed by atoms with Gasteiger partial charge in [-0.15, -0.1) is 11.3 Å². The molecule has 1 saturated heterocycles. The number of thiazole rings is 1. The molecular weight excluding hydrogens is 320 g/mol. The lowest BCUT2D eigenvalue weighted by atomic mass is 9.46. The van der Waals surface area contributed by atoms with E-state index in [9.17, 15) is 0 Å². The highest BCUT2D eigenvalue weighted by atomic mass is 32.1. The summed E-state index contributed by atoms with van der Waals surface area (Å²) in [5.74, 6) is 1.61. The quantitative estimate of drug-likeness (QED) is 0.634. The van der Waals surface area contributed by atoms with Crippen molar-refractivity contribution in [1.82, 2.24) is 15.6 Å². The molecule has 2 heterocycles. The predicted molar refractivity (Wildman–Crippen MR) is 97.6 cm³/mol. The zero-order chi connectivity index (χ0) is 16.6. The van der Waals surface area contributed by atoms with Gasteiger partial charge >= 0.3 is 0 Å². The van der Waals surface area contributed by atoms with Gasteiger partial charge in [0.05, 0.1) is 11.1 Å². The van der Waals surface area contributed by atoms with Gasteiger partial charge in [-0.25, -0.2) is 4.98 Å². The number of aryl methyl sites for hydroxylation is 1. The van der Waals surface area contributed by atoms with Crippen LogP contribution in [0, 0.1) is 11.3 Å². The molecule has 6 heteroatoms. The van der Waals surface area contributed by atoms with E-state index < -0.39 is 0 Å². The highest BCUT2D eigenvalue weighted by molar-refractivity contribution is 7.11. The van der Waals surface area contributed by atoms with Crippen molar-refractivity contribution in [2.75, 3.05) is 20.2 Å². The second-order valence-electron chi connectivity index (χ2n) is 7.28. The summed E-state index contributed by atoms with van der Waals surface area (Å²) in [7, 11) is 1.86. The molecule has 0 bridgehead atoms. The summed E-state index contributed by atoms with van der Waals surface area (Å²) < 4.78 is 6.00. The van der Waals surface area contributed by atoms with E-state index in [1.807, 2.05) is 24.6 Å². The Morgan fingerprint density at radius 2 is 2.38 bits per heavy atom. The summed E-state index contributed by atoms with van der Waals surface area (Å²) in [5, 5.41) is 8.39. The van der Waals surface area contributed by atoms with Crippen LogP contribution in [0.4, 0.5) is 0 Å². The molecule has 2 N–H and O–H groups in total. The van der Waals surface area contributed by atoms with E-state index in [1.54, 1.807) is 0 Å². The Morgan fingerprint density at radius 1 is 1.50 bits per heavy atom. The fourth-order valence-corrected chi connectivity index (χ4v) is 5.57.